The van der Waals surface area contributed by atoms with Crippen LogP contribution >= 0.6 is 0 Å². The molecule has 4 N–H and O–H groups in total. The molecular weight excluding hydrogens is 542 g/mol. The summed E-state index contributed by atoms with van der Waals surface area (Å²) >= 11 is 0. The Balaban J connectivity index is 1.57. The monoisotopic (exact) mass is 579 g/mol. The van der Waals surface area contributed by atoms with E-state index in [0.29, 0.717) is 11.4 Å². The largest absolute Gasteiger partial charge is 0.348 e. The van der Waals surface area contributed by atoms with Crippen LogP contribution < -0.4 is 16.0 Å². The van der Waals surface area contributed by atoms with Gasteiger partial charge in [-0.3, -0.25) is 19.2 Å². The number of anilines is 1. The number of hydrogen-bond acceptors (Lipinski definition) is 6. The van der Waals surface area contributed by atoms with Crippen molar-refractivity contribution in [1.29, 1.82) is 0 Å². The maximum absolute atomic E-state index is 13.7. The van der Waals surface area contributed by atoms with Crippen LogP contribution in [0.15, 0.2) is 90.9 Å². The molecule has 0 fully saturated rings. The van der Waals surface area contributed by atoms with Gasteiger partial charge in [-0.05, 0) is 35.4 Å². The highest BCUT2D eigenvalue weighted by atomic mass is 16.2. The van der Waals surface area contributed by atoms with Crippen LogP contribution in [0.2, 0.25) is 0 Å². The molecule has 0 saturated heterocycles. The number of benzene rings is 3. The number of nitrogens with zero attached hydrogens (tertiary/aromatic N) is 2. The normalized spacial score (nSPS) is 13.0. The Morgan fingerprint density at radius 2 is 1.65 bits per heavy atom. The van der Waals surface area contributed by atoms with Gasteiger partial charge in [-0.15, -0.1) is 0 Å². The molecule has 0 aliphatic carbocycles. The number of carbonyl (C=O) groups is 4. The number of nitrogens with one attached hydrogen (secondary N) is 2. The first-order valence-corrected chi connectivity index (χ1v) is 14.3. The molecule has 9 nitrogen and oxygen atoms in total. The predicted molar refractivity (Wildman–Crippen MR) is 168 cm³/mol. The van der Waals surface area contributed by atoms with Gasteiger partial charge in [0.25, 0.3) is 0 Å². The third-order valence-electron chi connectivity index (χ3n) is 7.18. The van der Waals surface area contributed by atoms with Crippen LogP contribution in [0.3, 0.4) is 0 Å². The molecule has 9 heteroatoms. The third-order valence-corrected chi connectivity index (χ3v) is 7.18. The van der Waals surface area contributed by atoms with Crippen LogP contribution in [0.1, 0.15) is 37.9 Å². The maximum atomic E-state index is 13.7. The van der Waals surface area contributed by atoms with Crippen molar-refractivity contribution in [3.05, 3.63) is 102 Å². The summed E-state index contributed by atoms with van der Waals surface area (Å²) in [4.78, 5) is 62.0. The zero-order valence-electron chi connectivity index (χ0n) is 24.6. The Morgan fingerprint density at radius 1 is 0.953 bits per heavy atom. The van der Waals surface area contributed by atoms with Gasteiger partial charge in [0.2, 0.25) is 23.4 Å². The van der Waals surface area contributed by atoms with Crippen LogP contribution in [0.5, 0.6) is 0 Å². The molecule has 3 aromatic carbocycles. The lowest BCUT2D eigenvalue weighted by atomic mass is 9.93. The average Bonchev–Trinajstić information content (AvgIpc) is 3.52. The van der Waals surface area contributed by atoms with E-state index in [9.17, 15) is 19.2 Å². The summed E-state index contributed by atoms with van der Waals surface area (Å²) in [6, 6.07) is 20.4. The van der Waals surface area contributed by atoms with Gasteiger partial charge in [0.05, 0.1) is 30.5 Å². The summed E-state index contributed by atoms with van der Waals surface area (Å²) in [5, 5.41) is 4.65. The molecule has 0 aliphatic rings. The number of carbonyl (C=O) groups excluding carboxylic acids is 4. The van der Waals surface area contributed by atoms with E-state index in [1.807, 2.05) is 86.6 Å². The van der Waals surface area contributed by atoms with Gasteiger partial charge in [-0.2, -0.15) is 0 Å². The summed E-state index contributed by atoms with van der Waals surface area (Å²) in [7, 11) is 1.67. The first-order chi connectivity index (χ1) is 20.6. The summed E-state index contributed by atoms with van der Waals surface area (Å²) in [5.74, 6) is -2.46. The minimum absolute atomic E-state index is 0.00781. The molecule has 0 unspecified atom stereocenters. The fourth-order valence-electron chi connectivity index (χ4n) is 4.90. The maximum Gasteiger partial charge on any atom is 0.248 e. The van der Waals surface area contributed by atoms with E-state index >= 15 is 0 Å². The summed E-state index contributed by atoms with van der Waals surface area (Å²) in [6.45, 7) is 3.79. The second-order valence-electron chi connectivity index (χ2n) is 11.0. The number of amides is 2. The highest BCUT2D eigenvalue weighted by Gasteiger charge is 2.32. The third kappa shape index (κ3) is 8.11. The van der Waals surface area contributed by atoms with Crippen LogP contribution in [0, 0.1) is 5.92 Å². The molecule has 4 rings (SSSR count). The standard InChI is InChI=1S/C34H37N5O4/c1-22(2)16-29(33(42)32(41)28(35)19-26-20-36-21-37-26)38-34(43)25(17-23-10-5-4-6-11-23)18-31(40)39(3)30-15-9-13-24-12-7-8-14-27(24)30/h4-15,17,20-22,28-29H,16,18-19,35H2,1-3H3,(H,36,37)(H,38,43)/t28-,29-/m0/s1. The molecule has 43 heavy (non-hydrogen) atoms. The molecule has 0 saturated carbocycles. The van der Waals surface area contributed by atoms with E-state index < -0.39 is 29.6 Å². The SMILES string of the molecule is CC(C)C[C@H](NC(=O)C(=Cc1ccccc1)CC(=O)N(C)c1cccc2ccccc12)C(=O)C(=O)[C@@H](N)Cc1cnc[nH]1. The lowest BCUT2D eigenvalue weighted by molar-refractivity contribution is -0.139. The molecule has 2 amide bonds. The minimum atomic E-state index is -1.10. The second kappa shape index (κ2) is 14.3. The van der Waals surface area contributed by atoms with Crippen molar-refractivity contribution < 1.29 is 19.2 Å². The predicted octanol–water partition coefficient (Wildman–Crippen LogP) is 4.24. The first-order valence-electron chi connectivity index (χ1n) is 14.3. The molecule has 222 valence electrons. The van der Waals surface area contributed by atoms with Crippen molar-refractivity contribution in [2.24, 2.45) is 11.7 Å². The van der Waals surface area contributed by atoms with Gasteiger partial charge in [0.1, 0.15) is 0 Å². The highest BCUT2D eigenvalue weighted by molar-refractivity contribution is 6.41. The summed E-state index contributed by atoms with van der Waals surface area (Å²) in [5.41, 5.74) is 8.30. The Morgan fingerprint density at radius 3 is 2.35 bits per heavy atom. The van der Waals surface area contributed by atoms with Gasteiger partial charge in [0.15, 0.2) is 0 Å². The number of aromatic nitrogens is 2. The zero-order chi connectivity index (χ0) is 30.9. The number of H-pyrrole nitrogens is 1. The van der Waals surface area contributed by atoms with Crippen molar-refractivity contribution in [1.82, 2.24) is 15.3 Å². The molecular formula is C34H37N5O4. The molecule has 0 spiro atoms. The minimum Gasteiger partial charge on any atom is -0.348 e. The number of imidazole rings is 1. The van der Waals surface area contributed by atoms with Crippen LogP contribution in [-0.2, 0) is 25.6 Å². The van der Waals surface area contributed by atoms with Crippen molar-refractivity contribution in [3.63, 3.8) is 0 Å². The van der Waals surface area contributed by atoms with Crippen molar-refractivity contribution in [3.8, 4) is 0 Å². The van der Waals surface area contributed by atoms with E-state index in [4.69, 9.17) is 5.73 Å². The topological polar surface area (TPSA) is 138 Å². The van der Waals surface area contributed by atoms with Crippen LogP contribution in [0.25, 0.3) is 16.8 Å². The zero-order valence-corrected chi connectivity index (χ0v) is 24.6. The van der Waals surface area contributed by atoms with Gasteiger partial charge in [-0.25, -0.2) is 4.98 Å². The van der Waals surface area contributed by atoms with E-state index in [1.54, 1.807) is 13.1 Å². The first kappa shape index (κ1) is 31.1. The molecule has 0 aliphatic heterocycles. The fourth-order valence-corrected chi connectivity index (χ4v) is 4.90. The second-order valence-corrected chi connectivity index (χ2v) is 11.0. The molecule has 0 bridgehead atoms. The highest BCUT2D eigenvalue weighted by Crippen LogP contribution is 2.27. The molecule has 1 heterocycles. The number of rotatable bonds is 13. The van der Waals surface area contributed by atoms with Gasteiger partial charge in [-0.1, -0.05) is 80.6 Å². The molecule has 1 aromatic heterocycles. The number of fused-ring (bicyclic) bond motifs is 1. The van der Waals surface area contributed by atoms with E-state index in [2.05, 4.69) is 15.3 Å². The van der Waals surface area contributed by atoms with Crippen molar-refractivity contribution in [2.75, 3.05) is 11.9 Å². The average molecular weight is 580 g/mol. The molecule has 0 radical (unpaired) electrons. The Labute approximate surface area is 251 Å². The number of ketones is 2. The van der Waals surface area contributed by atoms with Crippen LogP contribution in [0.4, 0.5) is 5.69 Å². The molecule has 2 atom stereocenters. The van der Waals surface area contributed by atoms with E-state index in [1.165, 1.54) is 17.4 Å². The smallest absolute Gasteiger partial charge is 0.248 e. The lowest BCUT2D eigenvalue weighted by Crippen LogP contribution is -2.50. The summed E-state index contributed by atoms with van der Waals surface area (Å²) in [6.07, 6.45) is 4.76. The van der Waals surface area contributed by atoms with E-state index in [-0.39, 0.29) is 36.7 Å². The van der Waals surface area contributed by atoms with Gasteiger partial charge in [0, 0.05) is 36.3 Å². The number of nitrogens with two attached hydrogens (primary N) is 1. The quantitative estimate of drug-likeness (QED) is 0.160. The molecule has 4 aromatic rings. The summed E-state index contributed by atoms with van der Waals surface area (Å²) < 4.78 is 0. The Hall–Kier alpha value is -4.89. The van der Waals surface area contributed by atoms with Crippen molar-refractivity contribution in [2.45, 2.75) is 45.2 Å². The van der Waals surface area contributed by atoms with Gasteiger partial charge >= 0.3 is 0 Å². The fraction of sp³-hybridized carbons (Fsp3) is 0.265. The lowest BCUT2D eigenvalue weighted by Gasteiger charge is -2.23. The number of Topliss-reactive ketones (excluding diaryl/α,β-unsaturated/α-hetero) is 2. The Kier molecular flexibility index (Phi) is 10.3. The van der Waals surface area contributed by atoms with Gasteiger partial charge < -0.3 is 20.9 Å². The van der Waals surface area contributed by atoms with E-state index in [0.717, 1.165) is 16.3 Å². The van der Waals surface area contributed by atoms with Crippen LogP contribution in [-0.4, -0.2) is 52.5 Å². The number of hydrogen-bond donors (Lipinski definition) is 3. The van der Waals surface area contributed by atoms with Crippen molar-refractivity contribution >= 4 is 45.9 Å². The number of aromatic amines is 1. The Bertz CT molecular complexity index is 1610.